The van der Waals surface area contributed by atoms with Gasteiger partial charge in [0, 0.05) is 5.69 Å². The van der Waals surface area contributed by atoms with Crippen molar-refractivity contribution in [2.45, 2.75) is 13.8 Å². The average molecular weight is 564 g/mol. The number of barbiturate groups is 1. The molecular formula is C29H26ClN3O7. The summed E-state index contributed by atoms with van der Waals surface area (Å²) in [5, 5.41) is 5.01. The van der Waals surface area contributed by atoms with Gasteiger partial charge in [-0.3, -0.25) is 19.7 Å². The zero-order valence-corrected chi connectivity index (χ0v) is 22.7. The van der Waals surface area contributed by atoms with Crippen LogP contribution in [0.25, 0.3) is 6.08 Å². The quantitative estimate of drug-likeness (QED) is 0.285. The van der Waals surface area contributed by atoms with Gasteiger partial charge in [0.1, 0.15) is 11.3 Å². The highest BCUT2D eigenvalue weighted by Crippen LogP contribution is 2.37. The molecule has 0 radical (unpaired) electrons. The Morgan fingerprint density at radius 3 is 2.48 bits per heavy atom. The van der Waals surface area contributed by atoms with Gasteiger partial charge in [0.15, 0.2) is 18.1 Å². The number of aryl methyl sites for hydroxylation is 1. The Morgan fingerprint density at radius 2 is 1.80 bits per heavy atom. The number of carbonyl (C=O) groups excluding carboxylic acids is 4. The maximum atomic E-state index is 13.2. The molecule has 0 unspecified atom stereocenters. The molecule has 1 heterocycles. The van der Waals surface area contributed by atoms with Crippen molar-refractivity contribution in [2.24, 2.45) is 0 Å². The molecule has 206 valence electrons. The lowest BCUT2D eigenvalue weighted by Gasteiger charge is -2.26. The summed E-state index contributed by atoms with van der Waals surface area (Å²) in [5.74, 6) is -1.21. The van der Waals surface area contributed by atoms with Crippen molar-refractivity contribution < 1.29 is 33.4 Å². The maximum Gasteiger partial charge on any atom is 0.335 e. The molecule has 0 aromatic heterocycles. The first-order valence-electron chi connectivity index (χ1n) is 12.2. The first kappa shape index (κ1) is 28.2. The van der Waals surface area contributed by atoms with Crippen LogP contribution < -0.4 is 29.7 Å². The van der Waals surface area contributed by atoms with E-state index in [4.69, 9.17) is 25.8 Å². The number of amides is 5. The second kappa shape index (κ2) is 12.4. The molecule has 0 bridgehead atoms. The van der Waals surface area contributed by atoms with Crippen LogP contribution in [0.15, 0.2) is 66.2 Å². The molecule has 2 N–H and O–H groups in total. The van der Waals surface area contributed by atoms with Crippen LogP contribution in [0.4, 0.5) is 16.2 Å². The minimum atomic E-state index is -0.877. The maximum absolute atomic E-state index is 13.2. The van der Waals surface area contributed by atoms with E-state index in [1.165, 1.54) is 37.5 Å². The van der Waals surface area contributed by atoms with E-state index < -0.39 is 23.8 Å². The summed E-state index contributed by atoms with van der Waals surface area (Å²) in [5.41, 5.74) is 1.92. The number of benzene rings is 3. The van der Waals surface area contributed by atoms with Crippen LogP contribution in [0.3, 0.4) is 0 Å². The van der Waals surface area contributed by atoms with Crippen LogP contribution in [0, 0.1) is 6.92 Å². The summed E-state index contributed by atoms with van der Waals surface area (Å²) in [7, 11) is 1.49. The third-order valence-corrected chi connectivity index (χ3v) is 6.01. The summed E-state index contributed by atoms with van der Waals surface area (Å²) in [6.07, 6.45) is 1.29. The average Bonchev–Trinajstić information content (AvgIpc) is 2.91. The van der Waals surface area contributed by atoms with Crippen LogP contribution in [-0.2, 0) is 14.4 Å². The summed E-state index contributed by atoms with van der Waals surface area (Å²) in [4.78, 5) is 51.6. The highest BCUT2D eigenvalue weighted by atomic mass is 35.5. The van der Waals surface area contributed by atoms with Gasteiger partial charge in [0.05, 0.1) is 24.4 Å². The molecule has 1 saturated heterocycles. The molecule has 0 aliphatic carbocycles. The molecule has 1 aliphatic heterocycles. The lowest BCUT2D eigenvalue weighted by atomic mass is 10.1. The number of methoxy groups -OCH3 is 1. The van der Waals surface area contributed by atoms with Crippen molar-refractivity contribution in [1.82, 2.24) is 5.32 Å². The number of rotatable bonds is 9. The van der Waals surface area contributed by atoms with Crippen LogP contribution in [0.1, 0.15) is 18.1 Å². The molecule has 1 aliphatic rings. The smallest absolute Gasteiger partial charge is 0.335 e. The Kier molecular flexibility index (Phi) is 8.70. The van der Waals surface area contributed by atoms with E-state index in [0.29, 0.717) is 17.0 Å². The number of nitrogens with zero attached hydrogens (tertiary/aromatic N) is 1. The zero-order chi connectivity index (χ0) is 28.8. The fourth-order valence-electron chi connectivity index (χ4n) is 3.92. The van der Waals surface area contributed by atoms with Crippen LogP contribution in [0.5, 0.6) is 17.2 Å². The highest BCUT2D eigenvalue weighted by molar-refractivity contribution is 6.39. The number of imide groups is 2. The number of urea groups is 1. The number of ether oxygens (including phenoxy) is 3. The van der Waals surface area contributed by atoms with Crippen LogP contribution in [-0.4, -0.2) is 44.1 Å². The standard InChI is InChI=1S/C29H26ClN3O7/c1-4-39-24-15-18(14-23(30)26(24)40-16-25(34)31-19-7-5-6-17(2)12-19)13-22-27(35)32-29(37)33(28(22)36)20-8-10-21(38-3)11-9-20/h5-15H,4,16H2,1-3H3,(H,31,34)(H,32,35,37)/b22-13+. The lowest BCUT2D eigenvalue weighted by molar-refractivity contribution is -0.122. The molecule has 0 atom stereocenters. The molecule has 0 spiro atoms. The molecule has 3 aromatic carbocycles. The van der Waals surface area contributed by atoms with Gasteiger partial charge in [0.2, 0.25) is 0 Å². The molecule has 11 heteroatoms. The monoisotopic (exact) mass is 563 g/mol. The van der Waals surface area contributed by atoms with E-state index in [2.05, 4.69) is 10.6 Å². The van der Waals surface area contributed by atoms with Crippen molar-refractivity contribution in [3.63, 3.8) is 0 Å². The number of hydrogen-bond acceptors (Lipinski definition) is 7. The Hall–Kier alpha value is -4.83. The van der Waals surface area contributed by atoms with Crippen molar-refractivity contribution in [2.75, 3.05) is 30.5 Å². The van der Waals surface area contributed by atoms with Gasteiger partial charge in [-0.1, -0.05) is 23.7 Å². The molecule has 5 amide bonds. The van der Waals surface area contributed by atoms with E-state index in [1.54, 1.807) is 25.1 Å². The molecule has 10 nitrogen and oxygen atoms in total. The predicted octanol–water partition coefficient (Wildman–Crippen LogP) is 4.74. The van der Waals surface area contributed by atoms with Crippen molar-refractivity contribution in [1.29, 1.82) is 0 Å². The predicted molar refractivity (Wildman–Crippen MR) is 150 cm³/mol. The number of hydrogen-bond donors (Lipinski definition) is 2. The second-order valence-electron chi connectivity index (χ2n) is 8.63. The van der Waals surface area contributed by atoms with E-state index in [9.17, 15) is 19.2 Å². The number of nitrogens with one attached hydrogen (secondary N) is 2. The van der Waals surface area contributed by atoms with Gasteiger partial charge in [-0.05, 0) is 79.6 Å². The van der Waals surface area contributed by atoms with Crippen LogP contribution >= 0.6 is 11.6 Å². The fraction of sp³-hybridized carbons (Fsp3) is 0.172. The Bertz CT molecular complexity index is 1500. The van der Waals surface area contributed by atoms with Gasteiger partial charge < -0.3 is 19.5 Å². The first-order valence-corrected chi connectivity index (χ1v) is 12.6. The third kappa shape index (κ3) is 6.41. The summed E-state index contributed by atoms with van der Waals surface area (Å²) in [6, 6.07) is 15.6. The minimum Gasteiger partial charge on any atom is -0.497 e. The minimum absolute atomic E-state index is 0.0907. The lowest BCUT2D eigenvalue weighted by Crippen LogP contribution is -2.54. The summed E-state index contributed by atoms with van der Waals surface area (Å²) >= 11 is 6.47. The third-order valence-electron chi connectivity index (χ3n) is 5.72. The van der Waals surface area contributed by atoms with E-state index in [-0.39, 0.29) is 41.0 Å². The Balaban J connectivity index is 1.57. The van der Waals surface area contributed by atoms with Gasteiger partial charge in [-0.2, -0.15) is 0 Å². The van der Waals surface area contributed by atoms with E-state index in [0.717, 1.165) is 10.5 Å². The summed E-state index contributed by atoms with van der Waals surface area (Å²) in [6.45, 7) is 3.58. The molecule has 4 rings (SSSR count). The van der Waals surface area contributed by atoms with Crippen molar-refractivity contribution in [3.8, 4) is 17.2 Å². The zero-order valence-electron chi connectivity index (χ0n) is 21.9. The van der Waals surface area contributed by atoms with Crippen molar-refractivity contribution >= 4 is 52.8 Å². The first-order chi connectivity index (χ1) is 19.2. The number of halogens is 1. The van der Waals surface area contributed by atoms with E-state index in [1.807, 2.05) is 25.1 Å². The van der Waals surface area contributed by atoms with E-state index >= 15 is 0 Å². The van der Waals surface area contributed by atoms with Crippen molar-refractivity contribution in [3.05, 3.63) is 82.4 Å². The number of anilines is 2. The Labute approximate surface area is 235 Å². The number of carbonyl (C=O) groups is 4. The summed E-state index contributed by atoms with van der Waals surface area (Å²) < 4.78 is 16.5. The molecule has 3 aromatic rings. The van der Waals surface area contributed by atoms with Gasteiger partial charge in [-0.25, -0.2) is 9.69 Å². The Morgan fingerprint density at radius 1 is 1.05 bits per heavy atom. The van der Waals surface area contributed by atoms with Gasteiger partial charge >= 0.3 is 6.03 Å². The second-order valence-corrected chi connectivity index (χ2v) is 9.03. The topological polar surface area (TPSA) is 123 Å². The molecule has 1 fully saturated rings. The molecule has 40 heavy (non-hydrogen) atoms. The molecule has 0 saturated carbocycles. The SMILES string of the molecule is CCOc1cc(/C=C2\C(=O)NC(=O)N(c3ccc(OC)cc3)C2=O)cc(Cl)c1OCC(=O)Nc1cccc(C)c1. The normalized spacial score (nSPS) is 14.2. The van der Waals surface area contributed by atoms with Gasteiger partial charge in [-0.15, -0.1) is 0 Å². The highest BCUT2D eigenvalue weighted by Gasteiger charge is 2.37. The molecular weight excluding hydrogens is 538 g/mol. The van der Waals surface area contributed by atoms with Gasteiger partial charge in [0.25, 0.3) is 17.7 Å². The van der Waals surface area contributed by atoms with Crippen LogP contribution in [0.2, 0.25) is 5.02 Å². The fourth-order valence-corrected chi connectivity index (χ4v) is 4.20. The largest absolute Gasteiger partial charge is 0.497 e.